The zero-order valence-corrected chi connectivity index (χ0v) is 12.7. The molecule has 1 aromatic carbocycles. The highest BCUT2D eigenvalue weighted by molar-refractivity contribution is 6.32. The number of hydrogen-bond donors (Lipinski definition) is 2. The van der Waals surface area contributed by atoms with Gasteiger partial charge in [0.25, 0.3) is 5.91 Å². The molecule has 0 spiro atoms. The zero-order chi connectivity index (χ0) is 16.0. The van der Waals surface area contributed by atoms with E-state index in [1.165, 1.54) is 18.2 Å². The molecule has 3 amide bonds. The van der Waals surface area contributed by atoms with Crippen LogP contribution in [0.1, 0.15) is 26.3 Å². The molecule has 1 rings (SSSR count). The van der Waals surface area contributed by atoms with Gasteiger partial charge >= 0.3 is 6.03 Å². The van der Waals surface area contributed by atoms with E-state index >= 15 is 0 Å². The number of rotatable bonds is 3. The molecule has 0 radical (unpaired) electrons. The molecular weight excluding hydrogens is 294 g/mol. The Bertz CT molecular complexity index is 588. The van der Waals surface area contributed by atoms with Crippen LogP contribution in [0, 0.1) is 11.3 Å². The van der Waals surface area contributed by atoms with Gasteiger partial charge in [-0.3, -0.25) is 10.1 Å². The standard InChI is InChI=1S/C14H16ClN3O3/c1-14(2,3)18-13(20)17-12(19)8-21-11-5-4-9(7-16)6-10(11)15/h4-6H,8H2,1-3H3,(H2,17,18,19,20). The molecule has 0 aliphatic rings. The van der Waals surface area contributed by atoms with Crippen LogP contribution in [0.2, 0.25) is 5.02 Å². The van der Waals surface area contributed by atoms with Crippen molar-refractivity contribution >= 4 is 23.5 Å². The van der Waals surface area contributed by atoms with Gasteiger partial charge in [-0.25, -0.2) is 4.79 Å². The van der Waals surface area contributed by atoms with Gasteiger partial charge in [0.05, 0.1) is 16.7 Å². The summed E-state index contributed by atoms with van der Waals surface area (Å²) < 4.78 is 5.20. The van der Waals surface area contributed by atoms with Crippen LogP contribution in [0.15, 0.2) is 18.2 Å². The number of nitrogens with zero attached hydrogens (tertiary/aromatic N) is 1. The van der Waals surface area contributed by atoms with E-state index in [1.807, 2.05) is 6.07 Å². The fraction of sp³-hybridized carbons (Fsp3) is 0.357. The third kappa shape index (κ3) is 6.15. The lowest BCUT2D eigenvalue weighted by molar-refractivity contribution is -0.122. The van der Waals surface area contributed by atoms with Crippen LogP contribution in [-0.4, -0.2) is 24.1 Å². The molecule has 0 heterocycles. The lowest BCUT2D eigenvalue weighted by Gasteiger charge is -2.20. The summed E-state index contributed by atoms with van der Waals surface area (Å²) in [5.41, 5.74) is -0.0527. The molecule has 112 valence electrons. The van der Waals surface area contributed by atoms with E-state index in [2.05, 4.69) is 10.6 Å². The Morgan fingerprint density at radius 3 is 2.57 bits per heavy atom. The number of imide groups is 1. The average Bonchev–Trinajstić information content (AvgIpc) is 2.34. The fourth-order valence-corrected chi connectivity index (χ4v) is 1.60. The van der Waals surface area contributed by atoms with Crippen molar-refractivity contribution in [3.05, 3.63) is 28.8 Å². The summed E-state index contributed by atoms with van der Waals surface area (Å²) in [7, 11) is 0. The molecule has 0 saturated carbocycles. The molecule has 0 aliphatic heterocycles. The summed E-state index contributed by atoms with van der Waals surface area (Å²) in [6.07, 6.45) is 0. The molecule has 6 nitrogen and oxygen atoms in total. The van der Waals surface area contributed by atoms with Crippen molar-refractivity contribution in [3.8, 4) is 11.8 Å². The van der Waals surface area contributed by atoms with Crippen molar-refractivity contribution < 1.29 is 14.3 Å². The lowest BCUT2D eigenvalue weighted by atomic mass is 10.1. The molecule has 0 unspecified atom stereocenters. The van der Waals surface area contributed by atoms with Crippen molar-refractivity contribution in [1.29, 1.82) is 5.26 Å². The molecule has 2 N–H and O–H groups in total. The van der Waals surface area contributed by atoms with E-state index < -0.39 is 17.5 Å². The number of halogens is 1. The first-order valence-corrected chi connectivity index (χ1v) is 6.53. The monoisotopic (exact) mass is 309 g/mol. The minimum atomic E-state index is -0.600. The Kier molecular flexibility index (Phi) is 5.56. The predicted octanol–water partition coefficient (Wildman–Crippen LogP) is 2.21. The van der Waals surface area contributed by atoms with E-state index in [0.717, 1.165) is 0 Å². The highest BCUT2D eigenvalue weighted by atomic mass is 35.5. The van der Waals surface area contributed by atoms with Crippen LogP contribution in [0.3, 0.4) is 0 Å². The van der Waals surface area contributed by atoms with Gasteiger partial charge in [0.2, 0.25) is 0 Å². The molecular formula is C14H16ClN3O3. The van der Waals surface area contributed by atoms with Crippen molar-refractivity contribution in [2.75, 3.05) is 6.61 Å². The molecule has 0 fully saturated rings. The van der Waals surface area contributed by atoms with Crippen LogP contribution >= 0.6 is 11.6 Å². The third-order valence-corrected chi connectivity index (χ3v) is 2.46. The number of nitriles is 1. The largest absolute Gasteiger partial charge is 0.482 e. The van der Waals surface area contributed by atoms with Gasteiger partial charge in [-0.1, -0.05) is 11.6 Å². The molecule has 0 aromatic heterocycles. The predicted molar refractivity (Wildman–Crippen MR) is 78.1 cm³/mol. The Morgan fingerprint density at radius 1 is 1.38 bits per heavy atom. The SMILES string of the molecule is CC(C)(C)NC(=O)NC(=O)COc1ccc(C#N)cc1Cl. The molecule has 0 saturated heterocycles. The highest BCUT2D eigenvalue weighted by Gasteiger charge is 2.16. The number of carbonyl (C=O) groups is 2. The summed E-state index contributed by atoms with van der Waals surface area (Å²) in [5, 5.41) is 13.7. The van der Waals surface area contributed by atoms with E-state index in [-0.39, 0.29) is 17.4 Å². The number of urea groups is 1. The second kappa shape index (κ2) is 6.95. The van der Waals surface area contributed by atoms with Crippen molar-refractivity contribution in [3.63, 3.8) is 0 Å². The van der Waals surface area contributed by atoms with Gasteiger partial charge in [0, 0.05) is 5.54 Å². The van der Waals surface area contributed by atoms with Crippen LogP contribution in [0.5, 0.6) is 5.75 Å². The number of carbonyl (C=O) groups excluding carboxylic acids is 2. The Hall–Kier alpha value is -2.26. The fourth-order valence-electron chi connectivity index (χ4n) is 1.37. The number of amides is 3. The van der Waals surface area contributed by atoms with Crippen molar-refractivity contribution in [1.82, 2.24) is 10.6 Å². The maximum Gasteiger partial charge on any atom is 0.321 e. The molecule has 7 heteroatoms. The first kappa shape index (κ1) is 16.8. The highest BCUT2D eigenvalue weighted by Crippen LogP contribution is 2.24. The summed E-state index contributed by atoms with van der Waals surface area (Å²) in [4.78, 5) is 23.0. The van der Waals surface area contributed by atoms with Crippen molar-refractivity contribution in [2.24, 2.45) is 0 Å². The number of nitrogens with one attached hydrogen (secondary N) is 2. The number of benzene rings is 1. The summed E-state index contributed by atoms with van der Waals surface area (Å²) >= 11 is 5.90. The Balaban J connectivity index is 2.50. The average molecular weight is 310 g/mol. The smallest absolute Gasteiger partial charge is 0.321 e. The van der Waals surface area contributed by atoms with E-state index in [0.29, 0.717) is 5.56 Å². The van der Waals surface area contributed by atoms with Gasteiger partial charge < -0.3 is 10.1 Å². The molecule has 0 aliphatic carbocycles. The molecule has 21 heavy (non-hydrogen) atoms. The van der Waals surface area contributed by atoms with Crippen LogP contribution in [0.25, 0.3) is 0 Å². The summed E-state index contributed by atoms with van der Waals surface area (Å²) in [6.45, 7) is 5.03. The zero-order valence-electron chi connectivity index (χ0n) is 12.0. The second-order valence-electron chi connectivity index (χ2n) is 5.30. The third-order valence-electron chi connectivity index (χ3n) is 2.16. The van der Waals surface area contributed by atoms with E-state index in [9.17, 15) is 9.59 Å². The van der Waals surface area contributed by atoms with Gasteiger partial charge in [-0.15, -0.1) is 0 Å². The number of hydrogen-bond acceptors (Lipinski definition) is 4. The topological polar surface area (TPSA) is 91.2 Å². The summed E-state index contributed by atoms with van der Waals surface area (Å²) in [6, 6.07) is 5.78. The minimum Gasteiger partial charge on any atom is -0.482 e. The van der Waals surface area contributed by atoms with Gasteiger partial charge in [-0.05, 0) is 39.0 Å². The quantitative estimate of drug-likeness (QED) is 0.895. The second-order valence-corrected chi connectivity index (χ2v) is 5.71. The molecule has 0 atom stereocenters. The van der Waals surface area contributed by atoms with Crippen molar-refractivity contribution in [2.45, 2.75) is 26.3 Å². The van der Waals surface area contributed by atoms with Crippen LogP contribution in [0.4, 0.5) is 4.79 Å². The maximum absolute atomic E-state index is 11.6. The lowest BCUT2D eigenvalue weighted by Crippen LogP contribution is -2.49. The van der Waals surface area contributed by atoms with Gasteiger partial charge in [0.1, 0.15) is 5.75 Å². The minimum absolute atomic E-state index is 0.223. The van der Waals surface area contributed by atoms with E-state index in [4.69, 9.17) is 21.6 Å². The maximum atomic E-state index is 11.6. The summed E-state index contributed by atoms with van der Waals surface area (Å²) in [5.74, 6) is -0.334. The van der Waals surface area contributed by atoms with Crippen LogP contribution < -0.4 is 15.4 Å². The van der Waals surface area contributed by atoms with Crippen LogP contribution in [-0.2, 0) is 4.79 Å². The first-order chi connectivity index (χ1) is 9.71. The first-order valence-electron chi connectivity index (χ1n) is 6.16. The molecule has 0 bridgehead atoms. The van der Waals surface area contributed by atoms with Gasteiger partial charge in [-0.2, -0.15) is 5.26 Å². The normalized spacial score (nSPS) is 10.4. The van der Waals surface area contributed by atoms with Gasteiger partial charge in [0.15, 0.2) is 6.61 Å². The Labute approximate surface area is 128 Å². The Morgan fingerprint density at radius 2 is 2.05 bits per heavy atom. The molecule has 1 aromatic rings. The van der Waals surface area contributed by atoms with E-state index in [1.54, 1.807) is 20.8 Å². The number of ether oxygens (including phenoxy) is 1.